The maximum Gasteiger partial charge on any atom is 0.306 e. The monoisotopic (exact) mass is 1160 g/mol. The third kappa shape index (κ3) is 68.9. The fourth-order valence-corrected chi connectivity index (χ4v) is 11.9. The summed E-state index contributed by atoms with van der Waals surface area (Å²) in [4.78, 5) is 38.4. The van der Waals surface area contributed by atoms with Gasteiger partial charge < -0.3 is 14.2 Å². The predicted molar refractivity (Wildman–Crippen MR) is 358 cm³/mol. The van der Waals surface area contributed by atoms with E-state index in [1.54, 1.807) is 0 Å². The molecule has 0 amide bonds. The average molecular weight is 1160 g/mol. The maximum absolute atomic E-state index is 13.0. The molecule has 0 radical (unpaired) electrons. The Bertz CT molecular complexity index is 1280. The summed E-state index contributed by atoms with van der Waals surface area (Å²) >= 11 is 0. The molecule has 0 aromatic carbocycles. The molecular weight excluding hydrogens is 1010 g/mol. The summed E-state index contributed by atoms with van der Waals surface area (Å²) in [7, 11) is 0. The zero-order valence-corrected chi connectivity index (χ0v) is 56.1. The smallest absolute Gasteiger partial charge is 0.306 e. The second kappa shape index (κ2) is 71.6. The van der Waals surface area contributed by atoms with Crippen molar-refractivity contribution in [3.8, 4) is 0 Å². The summed E-state index contributed by atoms with van der Waals surface area (Å²) < 4.78 is 17.0. The second-order valence-electron chi connectivity index (χ2n) is 25.9. The van der Waals surface area contributed by atoms with Crippen LogP contribution in [0, 0.1) is 0 Å². The fourth-order valence-electron chi connectivity index (χ4n) is 11.9. The molecule has 0 N–H and O–H groups in total. The molecule has 0 rings (SSSR count). The third-order valence-electron chi connectivity index (χ3n) is 17.5. The highest BCUT2D eigenvalue weighted by Gasteiger charge is 2.20. The highest BCUT2D eigenvalue weighted by atomic mass is 16.6. The lowest BCUT2D eigenvalue weighted by molar-refractivity contribution is -0.167. The van der Waals surface area contributed by atoms with Crippen LogP contribution in [0.4, 0.5) is 0 Å². The van der Waals surface area contributed by atoms with Gasteiger partial charge in [0.1, 0.15) is 13.2 Å². The van der Waals surface area contributed by atoms with E-state index in [9.17, 15) is 14.4 Å². The van der Waals surface area contributed by atoms with Gasteiger partial charge in [-0.05, 0) is 44.9 Å². The first-order valence-electron chi connectivity index (χ1n) is 37.7. The van der Waals surface area contributed by atoms with Gasteiger partial charge >= 0.3 is 17.9 Å². The molecule has 0 bridgehead atoms. The molecule has 0 aliphatic carbocycles. The van der Waals surface area contributed by atoms with E-state index in [1.807, 2.05) is 0 Å². The van der Waals surface area contributed by atoms with E-state index >= 15 is 0 Å². The van der Waals surface area contributed by atoms with Gasteiger partial charge in [-0.2, -0.15) is 0 Å². The van der Waals surface area contributed by atoms with Gasteiger partial charge in [-0.3, -0.25) is 14.4 Å². The van der Waals surface area contributed by atoms with Crippen molar-refractivity contribution in [3.63, 3.8) is 0 Å². The van der Waals surface area contributed by atoms with E-state index in [0.717, 1.165) is 64.2 Å². The average Bonchev–Trinajstić information content (AvgIpc) is 3.47. The molecule has 0 saturated heterocycles. The Morgan fingerprint density at radius 1 is 0.232 bits per heavy atom. The van der Waals surface area contributed by atoms with E-state index in [2.05, 4.69) is 32.9 Å². The molecule has 0 aromatic heterocycles. The third-order valence-corrected chi connectivity index (χ3v) is 17.5. The number of carbonyl (C=O) groups is 3. The van der Waals surface area contributed by atoms with Crippen molar-refractivity contribution in [2.45, 2.75) is 444 Å². The van der Waals surface area contributed by atoms with Crippen molar-refractivity contribution in [3.05, 3.63) is 12.2 Å². The van der Waals surface area contributed by atoms with E-state index in [-0.39, 0.29) is 31.1 Å². The van der Waals surface area contributed by atoms with Gasteiger partial charge in [-0.1, -0.05) is 386 Å². The van der Waals surface area contributed by atoms with Gasteiger partial charge in [-0.15, -0.1) is 0 Å². The Labute approximate surface area is 513 Å². The van der Waals surface area contributed by atoms with Crippen LogP contribution in [0.25, 0.3) is 0 Å². The topological polar surface area (TPSA) is 78.9 Å². The number of esters is 3. The Balaban J connectivity index is 4.14. The lowest BCUT2D eigenvalue weighted by Gasteiger charge is -2.18. The lowest BCUT2D eigenvalue weighted by Crippen LogP contribution is -2.30. The van der Waals surface area contributed by atoms with E-state index in [0.29, 0.717) is 19.3 Å². The van der Waals surface area contributed by atoms with Crippen molar-refractivity contribution in [1.82, 2.24) is 0 Å². The zero-order chi connectivity index (χ0) is 59.2. The summed E-state index contributed by atoms with van der Waals surface area (Å²) in [5.41, 5.74) is 0. The van der Waals surface area contributed by atoms with Crippen molar-refractivity contribution in [2.24, 2.45) is 0 Å². The number of carbonyl (C=O) groups excluding carboxylic acids is 3. The SMILES string of the molecule is CCCCC/C=C\CCCCCCCC(=O)OCC(COC(=O)CCCCCCCCCCCCCCCCCCCCCCCCCCCC)OC(=O)CCCCCCCCCCCCCCCCCCCCCCCCCCCC. The highest BCUT2D eigenvalue weighted by molar-refractivity contribution is 5.71. The fraction of sp³-hybridized carbons (Fsp3) is 0.934. The van der Waals surface area contributed by atoms with Gasteiger partial charge in [0.05, 0.1) is 0 Å². The van der Waals surface area contributed by atoms with Gasteiger partial charge in [0, 0.05) is 19.3 Å². The van der Waals surface area contributed by atoms with Crippen LogP contribution >= 0.6 is 0 Å². The van der Waals surface area contributed by atoms with Crippen LogP contribution in [0.1, 0.15) is 438 Å². The molecule has 6 heteroatoms. The highest BCUT2D eigenvalue weighted by Crippen LogP contribution is 2.20. The quantitative estimate of drug-likeness (QED) is 0.0261. The summed E-state index contributed by atoms with van der Waals surface area (Å²) in [6, 6.07) is 0. The molecule has 0 aliphatic heterocycles. The van der Waals surface area contributed by atoms with Gasteiger partial charge in [-0.25, -0.2) is 0 Å². The van der Waals surface area contributed by atoms with Crippen molar-refractivity contribution < 1.29 is 28.6 Å². The molecule has 82 heavy (non-hydrogen) atoms. The first-order chi connectivity index (χ1) is 40.5. The zero-order valence-electron chi connectivity index (χ0n) is 56.1. The van der Waals surface area contributed by atoms with Gasteiger partial charge in [0.25, 0.3) is 0 Å². The molecule has 0 heterocycles. The van der Waals surface area contributed by atoms with Crippen molar-refractivity contribution in [2.75, 3.05) is 13.2 Å². The summed E-state index contributed by atoms with van der Waals surface area (Å²) in [5, 5.41) is 0. The van der Waals surface area contributed by atoms with Crippen LogP contribution in [0.15, 0.2) is 12.2 Å². The van der Waals surface area contributed by atoms with Crippen molar-refractivity contribution in [1.29, 1.82) is 0 Å². The summed E-state index contributed by atoms with van der Waals surface area (Å²) in [6.45, 7) is 6.71. The molecule has 486 valence electrons. The molecule has 1 unspecified atom stereocenters. The minimum Gasteiger partial charge on any atom is -0.462 e. The number of unbranched alkanes of at least 4 members (excludes halogenated alkanes) is 58. The van der Waals surface area contributed by atoms with Crippen LogP contribution in [0.2, 0.25) is 0 Å². The molecule has 0 spiro atoms. The summed E-state index contributed by atoms with van der Waals surface area (Å²) in [6.07, 6.45) is 87.0. The summed E-state index contributed by atoms with van der Waals surface area (Å²) in [5.74, 6) is -0.838. The van der Waals surface area contributed by atoms with Crippen LogP contribution < -0.4 is 0 Å². The molecule has 0 saturated carbocycles. The van der Waals surface area contributed by atoms with E-state index < -0.39 is 6.10 Å². The predicted octanol–water partition coefficient (Wildman–Crippen LogP) is 26.0. The standard InChI is InChI=1S/C76H146O6/c1-4-7-10-13-16-19-22-25-27-29-31-33-35-37-39-41-43-45-47-49-51-54-57-60-63-66-69-75(78)81-72-73(71-80-74(77)68-65-62-59-56-53-24-21-18-15-12-9-6-3)82-76(79)70-67-64-61-58-55-52-50-48-46-44-42-40-38-36-34-32-30-28-26-23-20-17-14-11-8-5-2/h18,21,73H,4-17,19-20,22-72H2,1-3H3/b21-18-. The van der Waals surface area contributed by atoms with Crippen molar-refractivity contribution >= 4 is 17.9 Å². The minimum absolute atomic E-state index is 0.0656. The number of hydrogen-bond donors (Lipinski definition) is 0. The number of hydrogen-bond acceptors (Lipinski definition) is 6. The van der Waals surface area contributed by atoms with Gasteiger partial charge in [0.15, 0.2) is 6.10 Å². The molecule has 1 atom stereocenters. The largest absolute Gasteiger partial charge is 0.462 e. The maximum atomic E-state index is 13.0. The van der Waals surface area contributed by atoms with Crippen LogP contribution in [-0.2, 0) is 28.6 Å². The number of allylic oxidation sites excluding steroid dienone is 2. The van der Waals surface area contributed by atoms with Crippen LogP contribution in [0.3, 0.4) is 0 Å². The Morgan fingerprint density at radius 2 is 0.402 bits per heavy atom. The number of ether oxygens (including phenoxy) is 3. The van der Waals surface area contributed by atoms with Crippen LogP contribution in [0.5, 0.6) is 0 Å². The molecule has 0 aromatic rings. The molecule has 0 fully saturated rings. The molecule has 6 nitrogen and oxygen atoms in total. The van der Waals surface area contributed by atoms with E-state index in [4.69, 9.17) is 14.2 Å². The number of rotatable bonds is 71. The Kier molecular flexibility index (Phi) is 70.0. The second-order valence-corrected chi connectivity index (χ2v) is 25.9. The Hall–Kier alpha value is -1.85. The van der Waals surface area contributed by atoms with E-state index in [1.165, 1.54) is 334 Å². The first-order valence-corrected chi connectivity index (χ1v) is 37.7. The minimum atomic E-state index is -0.770. The first kappa shape index (κ1) is 80.2. The van der Waals surface area contributed by atoms with Gasteiger partial charge in [0.2, 0.25) is 0 Å². The normalized spacial score (nSPS) is 12.0. The van der Waals surface area contributed by atoms with Crippen LogP contribution in [-0.4, -0.2) is 37.2 Å². The molecular formula is C76H146O6. The Morgan fingerprint density at radius 3 is 0.634 bits per heavy atom. The molecule has 0 aliphatic rings. The lowest BCUT2D eigenvalue weighted by atomic mass is 10.0.